The molecular weight excluding hydrogens is 274 g/mol. The van der Waals surface area contributed by atoms with Gasteiger partial charge in [0, 0.05) is 5.56 Å². The Balaban J connectivity index is 1.93. The summed E-state index contributed by atoms with van der Waals surface area (Å²) in [6.07, 6.45) is 3.08. The van der Waals surface area contributed by atoms with Crippen molar-refractivity contribution in [3.05, 3.63) is 58.7 Å². The minimum Gasteiger partial charge on any atom is -0.451 e. The second-order valence-electron chi connectivity index (χ2n) is 5.07. The van der Waals surface area contributed by atoms with Crippen molar-refractivity contribution in [2.24, 2.45) is 5.73 Å². The first-order chi connectivity index (χ1) is 10.0. The summed E-state index contributed by atoms with van der Waals surface area (Å²) in [5.74, 6) is -2.21. The summed E-state index contributed by atoms with van der Waals surface area (Å²) >= 11 is 0. The number of hydrogen-bond acceptors (Lipinski definition) is 2. The summed E-state index contributed by atoms with van der Waals surface area (Å²) < 4.78 is 33.2. The molecule has 21 heavy (non-hydrogen) atoms. The van der Waals surface area contributed by atoms with Crippen molar-refractivity contribution in [2.45, 2.75) is 19.3 Å². The molecule has 1 aliphatic carbocycles. The predicted octanol–water partition coefficient (Wildman–Crippen LogP) is 3.53. The SMILES string of the molecule is N=C(N)c1cc(F)c(Oc2ccc3c(c2)CCC3)c(F)c1. The highest BCUT2D eigenvalue weighted by molar-refractivity contribution is 5.95. The van der Waals surface area contributed by atoms with Crippen LogP contribution in [0.1, 0.15) is 23.1 Å². The Morgan fingerprint density at radius 3 is 2.38 bits per heavy atom. The molecule has 0 unspecified atom stereocenters. The second kappa shape index (κ2) is 5.16. The van der Waals surface area contributed by atoms with E-state index in [4.69, 9.17) is 15.9 Å². The maximum atomic E-state index is 13.9. The smallest absolute Gasteiger partial charge is 0.198 e. The third-order valence-electron chi connectivity index (χ3n) is 3.60. The fourth-order valence-corrected chi connectivity index (χ4v) is 2.54. The number of benzene rings is 2. The van der Waals surface area contributed by atoms with E-state index >= 15 is 0 Å². The van der Waals surface area contributed by atoms with E-state index in [1.807, 2.05) is 12.1 Å². The zero-order valence-electron chi connectivity index (χ0n) is 11.2. The number of aryl methyl sites for hydroxylation is 2. The average molecular weight is 288 g/mol. The fourth-order valence-electron chi connectivity index (χ4n) is 2.54. The Hall–Kier alpha value is -2.43. The molecule has 0 aliphatic heterocycles. The van der Waals surface area contributed by atoms with Gasteiger partial charge < -0.3 is 10.5 Å². The third kappa shape index (κ3) is 2.59. The molecule has 3 N–H and O–H groups in total. The van der Waals surface area contributed by atoms with E-state index in [9.17, 15) is 8.78 Å². The lowest BCUT2D eigenvalue weighted by molar-refractivity contribution is 0.407. The molecule has 0 bridgehead atoms. The molecule has 0 saturated heterocycles. The largest absolute Gasteiger partial charge is 0.451 e. The maximum absolute atomic E-state index is 13.9. The molecule has 0 saturated carbocycles. The fraction of sp³-hybridized carbons (Fsp3) is 0.188. The van der Waals surface area contributed by atoms with Gasteiger partial charge in [-0.05, 0) is 54.7 Å². The van der Waals surface area contributed by atoms with Crippen LogP contribution in [0.5, 0.6) is 11.5 Å². The van der Waals surface area contributed by atoms with E-state index in [-0.39, 0.29) is 5.56 Å². The van der Waals surface area contributed by atoms with Gasteiger partial charge in [0.15, 0.2) is 17.4 Å². The lowest BCUT2D eigenvalue weighted by atomic mass is 10.1. The number of ether oxygens (including phenoxy) is 1. The summed E-state index contributed by atoms with van der Waals surface area (Å²) in [4.78, 5) is 0. The molecule has 2 aromatic rings. The van der Waals surface area contributed by atoms with Gasteiger partial charge in [0.1, 0.15) is 11.6 Å². The van der Waals surface area contributed by atoms with Crippen molar-refractivity contribution in [2.75, 3.05) is 0 Å². The van der Waals surface area contributed by atoms with Crippen molar-refractivity contribution >= 4 is 5.84 Å². The summed E-state index contributed by atoms with van der Waals surface area (Å²) in [7, 11) is 0. The quantitative estimate of drug-likeness (QED) is 0.670. The number of nitrogen functional groups attached to an aromatic ring is 1. The number of fused-ring (bicyclic) bond motifs is 1. The number of hydrogen-bond donors (Lipinski definition) is 2. The molecule has 0 fully saturated rings. The molecule has 5 heteroatoms. The average Bonchev–Trinajstić information content (AvgIpc) is 2.90. The van der Waals surface area contributed by atoms with Crippen LogP contribution in [0, 0.1) is 17.0 Å². The number of nitrogens with one attached hydrogen (secondary N) is 1. The molecule has 3 rings (SSSR count). The summed E-state index contributed by atoms with van der Waals surface area (Å²) in [5.41, 5.74) is 7.64. The molecule has 0 aromatic heterocycles. The number of rotatable bonds is 3. The molecule has 0 amide bonds. The van der Waals surface area contributed by atoms with Crippen molar-refractivity contribution in [1.29, 1.82) is 5.41 Å². The second-order valence-corrected chi connectivity index (χ2v) is 5.07. The van der Waals surface area contributed by atoms with Crippen LogP contribution in [0.25, 0.3) is 0 Å². The Kier molecular flexibility index (Phi) is 3.33. The molecule has 3 nitrogen and oxygen atoms in total. The summed E-state index contributed by atoms with van der Waals surface area (Å²) in [5, 5.41) is 7.21. The number of halogens is 2. The van der Waals surface area contributed by atoms with E-state index in [1.54, 1.807) is 6.07 Å². The predicted molar refractivity (Wildman–Crippen MR) is 75.9 cm³/mol. The van der Waals surface area contributed by atoms with Crippen LogP contribution >= 0.6 is 0 Å². The van der Waals surface area contributed by atoms with E-state index < -0.39 is 23.2 Å². The Morgan fingerprint density at radius 1 is 1.05 bits per heavy atom. The number of nitrogens with two attached hydrogens (primary N) is 1. The van der Waals surface area contributed by atoms with Crippen molar-refractivity contribution in [1.82, 2.24) is 0 Å². The van der Waals surface area contributed by atoms with E-state index in [0.717, 1.165) is 37.0 Å². The van der Waals surface area contributed by atoms with Gasteiger partial charge >= 0.3 is 0 Å². The molecule has 0 heterocycles. The molecular formula is C16H14F2N2O. The molecule has 0 atom stereocenters. The first-order valence-corrected chi connectivity index (χ1v) is 6.67. The Labute approximate surface area is 120 Å². The normalized spacial score (nSPS) is 13.0. The Morgan fingerprint density at radius 2 is 1.71 bits per heavy atom. The van der Waals surface area contributed by atoms with Crippen molar-refractivity contribution < 1.29 is 13.5 Å². The molecule has 0 spiro atoms. The van der Waals surface area contributed by atoms with Gasteiger partial charge in [0.05, 0.1) is 0 Å². The third-order valence-corrected chi connectivity index (χ3v) is 3.60. The monoisotopic (exact) mass is 288 g/mol. The van der Waals surface area contributed by atoms with Gasteiger partial charge in [-0.15, -0.1) is 0 Å². The molecule has 2 aromatic carbocycles. The van der Waals surface area contributed by atoms with Gasteiger partial charge in [-0.2, -0.15) is 0 Å². The van der Waals surface area contributed by atoms with Gasteiger partial charge in [-0.25, -0.2) is 8.78 Å². The van der Waals surface area contributed by atoms with E-state index in [2.05, 4.69) is 0 Å². The molecule has 1 aliphatic rings. The van der Waals surface area contributed by atoms with Crippen LogP contribution in [0.2, 0.25) is 0 Å². The topological polar surface area (TPSA) is 59.1 Å². The lowest BCUT2D eigenvalue weighted by Crippen LogP contribution is -2.12. The van der Waals surface area contributed by atoms with Crippen LogP contribution in [0.15, 0.2) is 30.3 Å². The van der Waals surface area contributed by atoms with E-state index in [1.165, 1.54) is 5.56 Å². The first kappa shape index (κ1) is 13.5. The van der Waals surface area contributed by atoms with E-state index in [0.29, 0.717) is 5.75 Å². The molecule has 0 radical (unpaired) electrons. The highest BCUT2D eigenvalue weighted by Crippen LogP contribution is 2.32. The van der Waals surface area contributed by atoms with Gasteiger partial charge in [-0.3, -0.25) is 5.41 Å². The summed E-state index contributed by atoms with van der Waals surface area (Å²) in [6, 6.07) is 7.45. The van der Waals surface area contributed by atoms with Crippen LogP contribution in [0.3, 0.4) is 0 Å². The minimum atomic E-state index is -0.874. The van der Waals surface area contributed by atoms with Crippen molar-refractivity contribution in [3.8, 4) is 11.5 Å². The zero-order valence-corrected chi connectivity index (χ0v) is 11.2. The summed E-state index contributed by atoms with van der Waals surface area (Å²) in [6.45, 7) is 0. The van der Waals surface area contributed by atoms with Crippen molar-refractivity contribution in [3.63, 3.8) is 0 Å². The standard InChI is InChI=1S/C16H14F2N2O/c17-13-7-11(16(19)20)8-14(18)15(13)21-12-5-4-9-2-1-3-10(9)6-12/h4-8H,1-3H2,(H3,19,20). The Bertz CT molecular complexity index is 705. The van der Waals surface area contributed by atoms with Crippen LogP contribution in [-0.2, 0) is 12.8 Å². The molecule has 108 valence electrons. The number of amidine groups is 1. The van der Waals surface area contributed by atoms with Crippen LogP contribution in [0.4, 0.5) is 8.78 Å². The maximum Gasteiger partial charge on any atom is 0.198 e. The van der Waals surface area contributed by atoms with Gasteiger partial charge in [0.25, 0.3) is 0 Å². The zero-order chi connectivity index (χ0) is 15.0. The first-order valence-electron chi connectivity index (χ1n) is 6.67. The highest BCUT2D eigenvalue weighted by Gasteiger charge is 2.16. The lowest BCUT2D eigenvalue weighted by Gasteiger charge is -2.10. The highest BCUT2D eigenvalue weighted by atomic mass is 19.1. The van der Waals surface area contributed by atoms with Gasteiger partial charge in [0.2, 0.25) is 0 Å². The van der Waals surface area contributed by atoms with Crippen LogP contribution < -0.4 is 10.5 Å². The van der Waals surface area contributed by atoms with Gasteiger partial charge in [-0.1, -0.05) is 6.07 Å². The minimum absolute atomic E-state index is 0.00805. The van der Waals surface area contributed by atoms with Crippen LogP contribution in [-0.4, -0.2) is 5.84 Å².